The van der Waals surface area contributed by atoms with E-state index in [1.54, 1.807) is 36.5 Å². The lowest BCUT2D eigenvalue weighted by atomic mass is 10.0. The molecule has 160 valence electrons. The molecule has 2 aromatic heterocycles. The molecule has 1 N–H and O–H groups in total. The first-order valence-electron chi connectivity index (χ1n) is 10.3. The first kappa shape index (κ1) is 21.8. The zero-order valence-corrected chi connectivity index (χ0v) is 20.3. The van der Waals surface area contributed by atoms with Gasteiger partial charge in [-0.1, -0.05) is 5.92 Å². The van der Waals surface area contributed by atoms with Crippen LogP contribution in [0.2, 0.25) is 0 Å². The summed E-state index contributed by atoms with van der Waals surface area (Å²) >= 11 is 2.35. The molecule has 2 heterocycles. The zero-order valence-electron chi connectivity index (χ0n) is 18.1. The lowest BCUT2D eigenvalue weighted by molar-refractivity contribution is -0.112. The van der Waals surface area contributed by atoms with Crippen molar-refractivity contribution in [2.75, 3.05) is 4.90 Å². The monoisotopic (exact) mass is 528 g/mol. The molecule has 0 unspecified atom stereocenters. The minimum absolute atomic E-state index is 0.305. The van der Waals surface area contributed by atoms with E-state index in [4.69, 9.17) is 4.98 Å². The molecule has 1 saturated carbocycles. The van der Waals surface area contributed by atoms with Gasteiger partial charge in [-0.15, -0.1) is 0 Å². The second kappa shape index (κ2) is 8.24. The minimum atomic E-state index is -0.895. The number of aliphatic hydroxyl groups is 1. The van der Waals surface area contributed by atoms with Gasteiger partial charge in [-0.2, -0.15) is 5.10 Å². The van der Waals surface area contributed by atoms with Crippen LogP contribution in [0.3, 0.4) is 0 Å². The largest absolute Gasteiger partial charge is 0.389 e. The molecule has 0 saturated heterocycles. The number of rotatable bonds is 5. The van der Waals surface area contributed by atoms with Crippen LogP contribution in [-0.4, -0.2) is 31.4 Å². The van der Waals surface area contributed by atoms with Crippen molar-refractivity contribution in [2.45, 2.75) is 58.6 Å². The minimum Gasteiger partial charge on any atom is -0.389 e. The van der Waals surface area contributed by atoms with E-state index in [1.165, 1.54) is 9.13 Å². The molecule has 0 aliphatic heterocycles. The highest BCUT2D eigenvalue weighted by molar-refractivity contribution is 14.1. The topological polar surface area (TPSA) is 71.2 Å². The highest BCUT2D eigenvalue weighted by Crippen LogP contribution is 2.46. The van der Waals surface area contributed by atoms with Gasteiger partial charge in [0.05, 0.1) is 29.5 Å². The number of pyridine rings is 1. The molecule has 1 aliphatic carbocycles. The van der Waals surface area contributed by atoms with E-state index in [1.807, 2.05) is 19.1 Å². The van der Waals surface area contributed by atoms with Crippen LogP contribution in [0.15, 0.2) is 30.5 Å². The average molecular weight is 528 g/mol. The van der Waals surface area contributed by atoms with Gasteiger partial charge in [0.1, 0.15) is 11.3 Å². The fourth-order valence-corrected chi connectivity index (χ4v) is 4.16. The lowest BCUT2D eigenvalue weighted by Gasteiger charge is -2.24. The molecule has 4 rings (SSSR count). The van der Waals surface area contributed by atoms with Crippen LogP contribution in [0.4, 0.5) is 11.5 Å². The predicted molar refractivity (Wildman–Crippen MR) is 130 cm³/mol. The van der Waals surface area contributed by atoms with Gasteiger partial charge in [-0.05, 0) is 110 Å². The van der Waals surface area contributed by atoms with E-state index in [-0.39, 0.29) is 5.91 Å². The van der Waals surface area contributed by atoms with Crippen LogP contribution in [0, 0.1) is 22.3 Å². The predicted octanol–water partition coefficient (Wildman–Crippen LogP) is 4.68. The zero-order chi connectivity index (χ0) is 22.3. The van der Waals surface area contributed by atoms with Gasteiger partial charge in [0, 0.05) is 3.57 Å². The van der Waals surface area contributed by atoms with Gasteiger partial charge < -0.3 is 5.11 Å². The summed E-state index contributed by atoms with van der Waals surface area (Å²) in [6, 6.07) is 7.97. The Morgan fingerprint density at radius 3 is 2.74 bits per heavy atom. The SMILES string of the molecule is CC#CC(=O)N(c1ccc2c(cnn2CC(C)(C)O)n1)c1cc(C)c(I)cc1C1CC1. The number of nitrogens with zero attached hydrogens (tertiary/aromatic N) is 4. The van der Waals surface area contributed by atoms with Crippen LogP contribution in [0.25, 0.3) is 11.0 Å². The molecular weight excluding hydrogens is 503 g/mol. The molecule has 31 heavy (non-hydrogen) atoms. The van der Waals surface area contributed by atoms with Gasteiger partial charge in [0.2, 0.25) is 0 Å². The Morgan fingerprint density at radius 1 is 1.35 bits per heavy atom. The number of aryl methyl sites for hydroxylation is 1. The molecule has 1 aliphatic rings. The molecule has 3 aromatic rings. The molecule has 0 atom stereocenters. The Morgan fingerprint density at radius 2 is 2.10 bits per heavy atom. The molecule has 6 nitrogen and oxygen atoms in total. The summed E-state index contributed by atoms with van der Waals surface area (Å²) in [5, 5.41) is 14.5. The third-order valence-electron chi connectivity index (χ3n) is 5.25. The number of halogens is 1. The van der Waals surface area contributed by atoms with Crippen molar-refractivity contribution in [3.63, 3.8) is 0 Å². The van der Waals surface area contributed by atoms with Crippen LogP contribution in [0.1, 0.15) is 50.7 Å². The number of benzene rings is 1. The number of anilines is 2. The molecule has 0 spiro atoms. The van der Waals surface area contributed by atoms with Crippen LogP contribution in [-0.2, 0) is 11.3 Å². The highest BCUT2D eigenvalue weighted by Gasteiger charge is 2.31. The van der Waals surface area contributed by atoms with Crippen molar-refractivity contribution >= 4 is 51.0 Å². The van der Waals surface area contributed by atoms with E-state index in [9.17, 15) is 9.90 Å². The summed E-state index contributed by atoms with van der Waals surface area (Å²) < 4.78 is 2.92. The number of aromatic nitrogens is 3. The smallest absolute Gasteiger partial charge is 0.308 e. The second-order valence-corrected chi connectivity index (χ2v) is 9.80. The molecule has 0 bridgehead atoms. The van der Waals surface area contributed by atoms with Crippen molar-refractivity contribution in [1.29, 1.82) is 0 Å². The quantitative estimate of drug-likeness (QED) is 0.386. The van der Waals surface area contributed by atoms with Crippen molar-refractivity contribution in [3.8, 4) is 11.8 Å². The third kappa shape index (κ3) is 4.60. The highest BCUT2D eigenvalue weighted by atomic mass is 127. The van der Waals surface area contributed by atoms with E-state index in [0.29, 0.717) is 23.8 Å². The number of amides is 1. The summed E-state index contributed by atoms with van der Waals surface area (Å²) in [6.07, 6.45) is 3.92. The summed E-state index contributed by atoms with van der Waals surface area (Å²) in [4.78, 5) is 19.5. The van der Waals surface area contributed by atoms with Crippen molar-refractivity contribution in [2.24, 2.45) is 0 Å². The maximum atomic E-state index is 13.1. The Labute approximate surface area is 195 Å². The standard InChI is InChI=1S/C24H25IN4O2/c1-5-6-23(30)29(21-11-15(2)18(25)12-17(21)16-7-8-16)22-10-9-20-19(27-22)13-26-28(20)14-24(3,4)31/h9-13,16,31H,7-8,14H2,1-4H3. The molecule has 7 heteroatoms. The van der Waals surface area contributed by atoms with Crippen molar-refractivity contribution < 1.29 is 9.90 Å². The fraction of sp³-hybridized carbons (Fsp3) is 0.375. The first-order chi connectivity index (χ1) is 14.7. The Hall–Kier alpha value is -2.44. The fourth-order valence-electron chi connectivity index (χ4n) is 3.67. The van der Waals surface area contributed by atoms with E-state index < -0.39 is 5.60 Å². The van der Waals surface area contributed by atoms with E-state index in [2.05, 4.69) is 51.7 Å². The maximum absolute atomic E-state index is 13.1. The Kier molecular flexibility index (Phi) is 5.79. The maximum Gasteiger partial charge on any atom is 0.308 e. The molecule has 1 fully saturated rings. The Balaban J connectivity index is 1.85. The second-order valence-electron chi connectivity index (χ2n) is 8.64. The van der Waals surface area contributed by atoms with Crippen LogP contribution < -0.4 is 4.90 Å². The number of hydrogen-bond acceptors (Lipinski definition) is 4. The molecular formula is C24H25IN4O2. The van der Waals surface area contributed by atoms with Gasteiger partial charge in [0.15, 0.2) is 0 Å². The van der Waals surface area contributed by atoms with Gasteiger partial charge >= 0.3 is 5.91 Å². The summed E-state index contributed by atoms with van der Waals surface area (Å²) in [7, 11) is 0. The average Bonchev–Trinajstić information content (AvgIpc) is 3.46. The Bertz CT molecular complexity index is 1230. The van der Waals surface area contributed by atoms with Gasteiger partial charge in [-0.3, -0.25) is 14.4 Å². The van der Waals surface area contributed by atoms with Crippen LogP contribution in [0.5, 0.6) is 0 Å². The molecule has 1 aromatic carbocycles. The van der Waals surface area contributed by atoms with Crippen LogP contribution >= 0.6 is 22.6 Å². The summed E-state index contributed by atoms with van der Waals surface area (Å²) in [6.45, 7) is 7.54. The first-order valence-corrected chi connectivity index (χ1v) is 11.4. The number of carbonyl (C=O) groups is 1. The summed E-state index contributed by atoms with van der Waals surface area (Å²) in [5.74, 6) is 6.10. The normalized spacial score (nSPS) is 13.7. The van der Waals surface area contributed by atoms with Crippen molar-refractivity contribution in [1.82, 2.24) is 14.8 Å². The van der Waals surface area contributed by atoms with E-state index in [0.717, 1.165) is 29.6 Å². The number of fused-ring (bicyclic) bond motifs is 1. The molecule has 1 amide bonds. The third-order valence-corrected chi connectivity index (χ3v) is 6.41. The van der Waals surface area contributed by atoms with Gasteiger partial charge in [0.25, 0.3) is 0 Å². The van der Waals surface area contributed by atoms with Gasteiger partial charge in [-0.25, -0.2) is 4.98 Å². The summed E-state index contributed by atoms with van der Waals surface area (Å²) in [5.41, 5.74) is 3.71. The number of carbonyl (C=O) groups excluding carboxylic acids is 1. The van der Waals surface area contributed by atoms with E-state index >= 15 is 0 Å². The number of hydrogen-bond donors (Lipinski definition) is 1. The van der Waals surface area contributed by atoms with Crippen molar-refractivity contribution in [3.05, 3.63) is 45.2 Å². The lowest BCUT2D eigenvalue weighted by Crippen LogP contribution is -2.27. The molecule has 0 radical (unpaired) electrons.